The molecule has 1 aromatic rings. The fraction of sp³-hybridized carbons (Fsp3) is 0.650. The lowest BCUT2D eigenvalue weighted by molar-refractivity contribution is 0.0926. The van der Waals surface area contributed by atoms with Crippen LogP contribution in [0, 0.1) is 5.92 Å². The van der Waals surface area contributed by atoms with E-state index in [0.717, 1.165) is 38.3 Å². The lowest BCUT2D eigenvalue weighted by atomic mass is 9.96. The first-order valence-electron chi connectivity index (χ1n) is 9.51. The van der Waals surface area contributed by atoms with Crippen LogP contribution in [0.2, 0.25) is 0 Å². The molecule has 4 heteroatoms. The van der Waals surface area contributed by atoms with Gasteiger partial charge < -0.3 is 15.0 Å². The highest BCUT2D eigenvalue weighted by atomic mass is 16.5. The van der Waals surface area contributed by atoms with Crippen molar-refractivity contribution in [1.82, 2.24) is 5.32 Å². The average Bonchev–Trinajstić information content (AvgIpc) is 3.07. The first-order valence-corrected chi connectivity index (χ1v) is 9.51. The summed E-state index contributed by atoms with van der Waals surface area (Å²) >= 11 is 0. The van der Waals surface area contributed by atoms with Crippen LogP contribution in [-0.4, -0.2) is 38.3 Å². The van der Waals surface area contributed by atoms with Crippen LogP contribution in [0.4, 0.5) is 5.69 Å². The van der Waals surface area contributed by atoms with Gasteiger partial charge in [0.05, 0.1) is 13.2 Å². The van der Waals surface area contributed by atoms with E-state index in [1.54, 1.807) is 0 Å². The zero-order valence-electron chi connectivity index (χ0n) is 14.8. The molecule has 3 rings (SSSR count). The highest BCUT2D eigenvalue weighted by Crippen LogP contribution is 2.30. The molecule has 1 aliphatic heterocycles. The quantitative estimate of drug-likeness (QED) is 0.866. The van der Waals surface area contributed by atoms with Crippen molar-refractivity contribution in [3.8, 4) is 0 Å². The Hall–Kier alpha value is -1.55. The van der Waals surface area contributed by atoms with Gasteiger partial charge in [0.25, 0.3) is 5.91 Å². The molecule has 1 saturated carbocycles. The molecule has 0 radical (unpaired) electrons. The molecule has 0 aromatic heterocycles. The summed E-state index contributed by atoms with van der Waals surface area (Å²) in [5.41, 5.74) is 1.95. The van der Waals surface area contributed by atoms with Crippen molar-refractivity contribution < 1.29 is 9.53 Å². The van der Waals surface area contributed by atoms with Crippen LogP contribution in [0.25, 0.3) is 0 Å². The van der Waals surface area contributed by atoms with Gasteiger partial charge in [0.1, 0.15) is 0 Å². The van der Waals surface area contributed by atoms with Gasteiger partial charge in [-0.2, -0.15) is 0 Å². The molecule has 1 aliphatic carbocycles. The van der Waals surface area contributed by atoms with E-state index in [1.165, 1.54) is 37.8 Å². The Bertz CT molecular complexity index is 523. The summed E-state index contributed by atoms with van der Waals surface area (Å²) in [4.78, 5) is 14.9. The van der Waals surface area contributed by atoms with Crippen molar-refractivity contribution >= 4 is 11.6 Å². The molecule has 2 aliphatic rings. The van der Waals surface area contributed by atoms with Crippen LogP contribution in [0.1, 0.15) is 55.8 Å². The number of carbonyl (C=O) groups is 1. The molecule has 1 N–H and O–H groups in total. The predicted octanol–water partition coefficient (Wildman–Crippen LogP) is 3.61. The second-order valence-corrected chi connectivity index (χ2v) is 7.06. The number of ether oxygens (including phenoxy) is 1. The van der Waals surface area contributed by atoms with Gasteiger partial charge in [-0.3, -0.25) is 4.79 Å². The standard InChI is InChI=1S/C20H30N2O2/c1-2-3-5-16-6-4-7-19(16)21-20(23)17-8-10-18(11-9-17)22-12-14-24-15-13-22/h8-11,16,19H,2-7,12-15H2,1H3,(H,21,23). The molecule has 132 valence electrons. The molecule has 24 heavy (non-hydrogen) atoms. The van der Waals surface area contributed by atoms with E-state index >= 15 is 0 Å². The van der Waals surface area contributed by atoms with E-state index in [9.17, 15) is 4.79 Å². The van der Waals surface area contributed by atoms with Crippen molar-refractivity contribution in [3.05, 3.63) is 29.8 Å². The molecule has 1 aromatic carbocycles. The van der Waals surface area contributed by atoms with E-state index in [4.69, 9.17) is 4.74 Å². The zero-order chi connectivity index (χ0) is 16.8. The Morgan fingerprint density at radius 2 is 1.96 bits per heavy atom. The summed E-state index contributed by atoms with van der Waals surface area (Å²) in [5.74, 6) is 0.749. The third-order valence-corrected chi connectivity index (χ3v) is 5.41. The van der Waals surface area contributed by atoms with Gasteiger partial charge in [0.15, 0.2) is 0 Å². The normalized spacial score (nSPS) is 24.1. The van der Waals surface area contributed by atoms with Crippen molar-refractivity contribution in [1.29, 1.82) is 0 Å². The third-order valence-electron chi connectivity index (χ3n) is 5.41. The fourth-order valence-corrected chi connectivity index (χ4v) is 3.94. The van der Waals surface area contributed by atoms with Crippen molar-refractivity contribution in [2.24, 2.45) is 5.92 Å². The monoisotopic (exact) mass is 330 g/mol. The topological polar surface area (TPSA) is 41.6 Å². The van der Waals surface area contributed by atoms with E-state index < -0.39 is 0 Å². The van der Waals surface area contributed by atoms with Crippen LogP contribution in [0.3, 0.4) is 0 Å². The summed E-state index contributed by atoms with van der Waals surface area (Å²) in [7, 11) is 0. The number of morpholine rings is 1. The highest BCUT2D eigenvalue weighted by molar-refractivity contribution is 5.94. The summed E-state index contributed by atoms with van der Waals surface area (Å²) < 4.78 is 5.39. The van der Waals surface area contributed by atoms with Gasteiger partial charge in [-0.25, -0.2) is 0 Å². The van der Waals surface area contributed by atoms with Gasteiger partial charge in [0.2, 0.25) is 0 Å². The number of carbonyl (C=O) groups excluding carboxylic acids is 1. The second kappa shape index (κ2) is 8.52. The van der Waals surface area contributed by atoms with Crippen LogP contribution < -0.4 is 10.2 Å². The number of anilines is 1. The van der Waals surface area contributed by atoms with Gasteiger partial charge in [-0.05, 0) is 49.4 Å². The molecule has 0 spiro atoms. The third kappa shape index (κ3) is 4.29. The van der Waals surface area contributed by atoms with Gasteiger partial charge in [0, 0.05) is 30.4 Å². The number of amides is 1. The molecule has 2 atom stereocenters. The number of nitrogens with one attached hydrogen (secondary N) is 1. The Morgan fingerprint density at radius 3 is 2.67 bits per heavy atom. The summed E-state index contributed by atoms with van der Waals surface area (Å²) in [6.45, 7) is 5.64. The van der Waals surface area contributed by atoms with Crippen molar-refractivity contribution in [2.45, 2.75) is 51.5 Å². The minimum Gasteiger partial charge on any atom is -0.378 e. The zero-order valence-corrected chi connectivity index (χ0v) is 14.8. The predicted molar refractivity (Wildman–Crippen MR) is 97.6 cm³/mol. The van der Waals surface area contributed by atoms with Crippen LogP contribution >= 0.6 is 0 Å². The van der Waals surface area contributed by atoms with Crippen LogP contribution in [0.5, 0.6) is 0 Å². The summed E-state index contributed by atoms with van der Waals surface area (Å²) in [6, 6.07) is 8.39. The molecule has 4 nitrogen and oxygen atoms in total. The van der Waals surface area contributed by atoms with Gasteiger partial charge in [-0.15, -0.1) is 0 Å². The van der Waals surface area contributed by atoms with Crippen molar-refractivity contribution in [3.63, 3.8) is 0 Å². The lowest BCUT2D eigenvalue weighted by Crippen LogP contribution is -2.37. The molecule has 1 amide bonds. The molecule has 1 saturated heterocycles. The smallest absolute Gasteiger partial charge is 0.251 e. The number of hydrogen-bond donors (Lipinski definition) is 1. The van der Waals surface area contributed by atoms with Crippen LogP contribution in [-0.2, 0) is 4.74 Å². The summed E-state index contributed by atoms with van der Waals surface area (Å²) in [5, 5.41) is 3.28. The second-order valence-electron chi connectivity index (χ2n) is 7.06. The minimum atomic E-state index is 0.0805. The molecule has 1 heterocycles. The number of rotatable bonds is 6. The maximum atomic E-state index is 12.6. The lowest BCUT2D eigenvalue weighted by Gasteiger charge is -2.29. The first-order chi connectivity index (χ1) is 11.8. The Morgan fingerprint density at radius 1 is 1.21 bits per heavy atom. The maximum absolute atomic E-state index is 12.6. The first kappa shape index (κ1) is 17.3. The van der Waals surface area contributed by atoms with Crippen molar-refractivity contribution in [2.75, 3.05) is 31.2 Å². The number of hydrogen-bond acceptors (Lipinski definition) is 3. The highest BCUT2D eigenvalue weighted by Gasteiger charge is 2.28. The number of nitrogens with zero attached hydrogens (tertiary/aromatic N) is 1. The van der Waals surface area contributed by atoms with Gasteiger partial charge >= 0.3 is 0 Å². The molecule has 2 fully saturated rings. The van der Waals surface area contributed by atoms with E-state index in [2.05, 4.69) is 29.3 Å². The number of unbranched alkanes of at least 4 members (excludes halogenated alkanes) is 1. The van der Waals surface area contributed by atoms with Crippen LogP contribution in [0.15, 0.2) is 24.3 Å². The number of benzene rings is 1. The Balaban J connectivity index is 1.56. The molecule has 2 unspecified atom stereocenters. The van der Waals surface area contributed by atoms with E-state index in [0.29, 0.717) is 12.0 Å². The van der Waals surface area contributed by atoms with E-state index in [1.807, 2.05) is 12.1 Å². The largest absolute Gasteiger partial charge is 0.378 e. The van der Waals surface area contributed by atoms with Gasteiger partial charge in [-0.1, -0.05) is 26.2 Å². The van der Waals surface area contributed by atoms with E-state index in [-0.39, 0.29) is 5.91 Å². The molecule has 0 bridgehead atoms. The summed E-state index contributed by atoms with van der Waals surface area (Å²) in [6.07, 6.45) is 7.39. The fourth-order valence-electron chi connectivity index (χ4n) is 3.94. The molecular formula is C20H30N2O2. The Kier molecular flexibility index (Phi) is 6.13. The maximum Gasteiger partial charge on any atom is 0.251 e. The average molecular weight is 330 g/mol. The Labute approximate surface area is 145 Å². The molecular weight excluding hydrogens is 300 g/mol. The SMILES string of the molecule is CCCCC1CCCC1NC(=O)c1ccc(N2CCOCC2)cc1. The minimum absolute atomic E-state index is 0.0805.